The molecule has 0 saturated heterocycles. The highest BCUT2D eigenvalue weighted by Gasteiger charge is 2.13. The molecule has 0 bridgehead atoms. The van der Waals surface area contributed by atoms with Crippen molar-refractivity contribution in [3.05, 3.63) is 61.4 Å². The van der Waals surface area contributed by atoms with Crippen LogP contribution in [0.1, 0.15) is 20.7 Å². The van der Waals surface area contributed by atoms with E-state index in [1.807, 2.05) is 34.4 Å². The quantitative estimate of drug-likeness (QED) is 0.733. The molecule has 0 aliphatic carbocycles. The molecule has 0 aromatic carbocycles. The largest absolute Gasteiger partial charge is 0.304 e. The van der Waals surface area contributed by atoms with E-state index in [9.17, 15) is 0 Å². The van der Waals surface area contributed by atoms with Crippen LogP contribution in [0.2, 0.25) is 0 Å². The SMILES string of the molecule is c1csc(CC(NCc2cncs2)c2cccs2)c1. The van der Waals surface area contributed by atoms with Gasteiger partial charge in [-0.2, -0.15) is 0 Å². The summed E-state index contributed by atoms with van der Waals surface area (Å²) in [7, 11) is 0. The van der Waals surface area contributed by atoms with E-state index in [1.54, 1.807) is 11.3 Å². The number of nitrogens with one attached hydrogen (secondary N) is 1. The molecule has 1 atom stereocenters. The zero-order valence-electron chi connectivity index (χ0n) is 10.3. The molecular weight excluding hydrogens is 292 g/mol. The first kappa shape index (κ1) is 13.0. The van der Waals surface area contributed by atoms with Gasteiger partial charge in [-0.3, -0.25) is 4.98 Å². The summed E-state index contributed by atoms with van der Waals surface area (Å²) in [6.45, 7) is 0.888. The van der Waals surface area contributed by atoms with Gasteiger partial charge in [-0.1, -0.05) is 12.1 Å². The summed E-state index contributed by atoms with van der Waals surface area (Å²) in [6.07, 6.45) is 2.99. The molecule has 1 N–H and O–H groups in total. The van der Waals surface area contributed by atoms with Gasteiger partial charge >= 0.3 is 0 Å². The average molecular weight is 306 g/mol. The number of thiophene rings is 2. The molecule has 0 radical (unpaired) electrons. The maximum atomic E-state index is 4.12. The Labute approximate surface area is 124 Å². The standard InChI is InChI=1S/C14H14N2S3/c1-3-11(17-5-1)7-13(14-4-2-6-18-14)16-9-12-8-15-10-19-12/h1-6,8,10,13,16H,7,9H2. The highest BCUT2D eigenvalue weighted by atomic mass is 32.1. The second kappa shape index (κ2) is 6.43. The Balaban J connectivity index is 1.69. The Hall–Kier alpha value is -1.01. The van der Waals surface area contributed by atoms with Crippen LogP contribution < -0.4 is 5.32 Å². The monoisotopic (exact) mass is 306 g/mol. The van der Waals surface area contributed by atoms with Gasteiger partial charge in [0.05, 0.1) is 5.51 Å². The molecule has 0 fully saturated rings. The second-order valence-corrected chi connectivity index (χ2v) is 7.18. The minimum absolute atomic E-state index is 0.390. The van der Waals surface area contributed by atoms with Crippen molar-refractivity contribution in [2.75, 3.05) is 0 Å². The predicted octanol–water partition coefficient (Wildman–Crippen LogP) is 4.34. The van der Waals surface area contributed by atoms with Gasteiger partial charge in [0.25, 0.3) is 0 Å². The zero-order chi connectivity index (χ0) is 12.9. The number of hydrogen-bond donors (Lipinski definition) is 1. The number of aromatic nitrogens is 1. The minimum Gasteiger partial charge on any atom is -0.304 e. The van der Waals surface area contributed by atoms with E-state index < -0.39 is 0 Å². The summed E-state index contributed by atoms with van der Waals surface area (Å²) in [5.74, 6) is 0. The molecule has 0 spiro atoms. The molecule has 3 aromatic heterocycles. The van der Waals surface area contributed by atoms with Gasteiger partial charge in [0, 0.05) is 39.8 Å². The van der Waals surface area contributed by atoms with Crippen LogP contribution in [0.4, 0.5) is 0 Å². The highest BCUT2D eigenvalue weighted by molar-refractivity contribution is 7.10. The van der Waals surface area contributed by atoms with E-state index in [4.69, 9.17) is 0 Å². The number of hydrogen-bond acceptors (Lipinski definition) is 5. The molecule has 3 rings (SSSR count). The minimum atomic E-state index is 0.390. The molecule has 2 nitrogen and oxygen atoms in total. The van der Waals surface area contributed by atoms with Crippen molar-refractivity contribution in [2.45, 2.75) is 19.0 Å². The lowest BCUT2D eigenvalue weighted by atomic mass is 10.1. The summed E-state index contributed by atoms with van der Waals surface area (Å²) in [5.41, 5.74) is 1.89. The summed E-state index contributed by atoms with van der Waals surface area (Å²) in [6, 6.07) is 9.05. The van der Waals surface area contributed by atoms with Gasteiger partial charge < -0.3 is 5.32 Å². The van der Waals surface area contributed by atoms with Crippen molar-refractivity contribution in [1.29, 1.82) is 0 Å². The molecule has 1 unspecified atom stereocenters. The maximum absolute atomic E-state index is 4.12. The van der Waals surface area contributed by atoms with Crippen LogP contribution in [0.15, 0.2) is 46.7 Å². The molecule has 98 valence electrons. The van der Waals surface area contributed by atoms with E-state index in [0.29, 0.717) is 6.04 Å². The third-order valence-corrected chi connectivity index (χ3v) is 5.54. The Morgan fingerprint density at radius 3 is 2.63 bits per heavy atom. The normalized spacial score (nSPS) is 12.6. The molecule has 0 aliphatic rings. The van der Waals surface area contributed by atoms with E-state index in [1.165, 1.54) is 14.6 Å². The third-order valence-electron chi connectivity index (χ3n) is 2.88. The fraction of sp³-hybridized carbons (Fsp3) is 0.214. The van der Waals surface area contributed by atoms with Gasteiger partial charge in [0.15, 0.2) is 0 Å². The summed E-state index contributed by atoms with van der Waals surface area (Å²) >= 11 is 5.35. The highest BCUT2D eigenvalue weighted by Crippen LogP contribution is 2.25. The van der Waals surface area contributed by atoms with Gasteiger partial charge in [0.2, 0.25) is 0 Å². The average Bonchev–Trinajstić information content (AvgIpc) is 3.15. The molecule has 19 heavy (non-hydrogen) atoms. The zero-order valence-corrected chi connectivity index (χ0v) is 12.7. The van der Waals surface area contributed by atoms with Crippen molar-refractivity contribution < 1.29 is 0 Å². The van der Waals surface area contributed by atoms with Crippen molar-refractivity contribution in [2.24, 2.45) is 0 Å². The first-order valence-electron chi connectivity index (χ1n) is 6.08. The van der Waals surface area contributed by atoms with Crippen molar-refractivity contribution in [1.82, 2.24) is 10.3 Å². The second-order valence-electron chi connectivity index (χ2n) is 4.20. The smallest absolute Gasteiger partial charge is 0.0794 e. The van der Waals surface area contributed by atoms with Gasteiger partial charge in [-0.15, -0.1) is 34.0 Å². The van der Waals surface area contributed by atoms with Crippen molar-refractivity contribution in [3.8, 4) is 0 Å². The first-order valence-corrected chi connectivity index (χ1v) is 8.72. The van der Waals surface area contributed by atoms with Crippen LogP contribution in [0.5, 0.6) is 0 Å². The lowest BCUT2D eigenvalue weighted by Crippen LogP contribution is -2.21. The maximum Gasteiger partial charge on any atom is 0.0794 e. The summed E-state index contributed by atoms with van der Waals surface area (Å²) in [5, 5.41) is 7.94. The molecular formula is C14H14N2S3. The lowest BCUT2D eigenvalue weighted by molar-refractivity contribution is 0.544. The first-order chi connectivity index (χ1) is 9.42. The lowest BCUT2D eigenvalue weighted by Gasteiger charge is -2.16. The molecule has 5 heteroatoms. The number of nitrogens with zero attached hydrogens (tertiary/aromatic N) is 1. The molecule has 0 saturated carbocycles. The fourth-order valence-electron chi connectivity index (χ4n) is 1.95. The van der Waals surface area contributed by atoms with E-state index in [2.05, 4.69) is 45.3 Å². The predicted molar refractivity (Wildman–Crippen MR) is 84.0 cm³/mol. The van der Waals surface area contributed by atoms with Crippen LogP contribution in [0.3, 0.4) is 0 Å². The van der Waals surface area contributed by atoms with Crippen LogP contribution >= 0.6 is 34.0 Å². The summed E-state index contributed by atoms with van der Waals surface area (Å²) in [4.78, 5) is 8.23. The molecule has 0 aliphatic heterocycles. The van der Waals surface area contributed by atoms with Crippen LogP contribution in [-0.2, 0) is 13.0 Å². The summed E-state index contributed by atoms with van der Waals surface area (Å²) < 4.78 is 0. The number of thiazole rings is 1. The van der Waals surface area contributed by atoms with Gasteiger partial charge in [0.1, 0.15) is 0 Å². The van der Waals surface area contributed by atoms with E-state index in [-0.39, 0.29) is 0 Å². The Kier molecular flexibility index (Phi) is 4.40. The fourth-order valence-corrected chi connectivity index (χ4v) is 4.05. The van der Waals surface area contributed by atoms with Crippen molar-refractivity contribution >= 4 is 34.0 Å². The van der Waals surface area contributed by atoms with Gasteiger partial charge in [-0.05, 0) is 22.9 Å². The van der Waals surface area contributed by atoms with Crippen LogP contribution in [0, 0.1) is 0 Å². The van der Waals surface area contributed by atoms with Gasteiger partial charge in [-0.25, -0.2) is 0 Å². The molecule has 3 aromatic rings. The Morgan fingerprint density at radius 2 is 1.95 bits per heavy atom. The van der Waals surface area contributed by atoms with Crippen LogP contribution in [0.25, 0.3) is 0 Å². The van der Waals surface area contributed by atoms with E-state index >= 15 is 0 Å². The van der Waals surface area contributed by atoms with Crippen LogP contribution in [-0.4, -0.2) is 4.98 Å². The van der Waals surface area contributed by atoms with Crippen molar-refractivity contribution in [3.63, 3.8) is 0 Å². The topological polar surface area (TPSA) is 24.9 Å². The Bertz CT molecular complexity index is 570. The van der Waals surface area contributed by atoms with E-state index in [0.717, 1.165) is 13.0 Å². The Morgan fingerprint density at radius 1 is 1.05 bits per heavy atom. The number of rotatable bonds is 6. The molecule has 3 heterocycles. The molecule has 0 amide bonds. The third kappa shape index (κ3) is 3.51.